The fraction of sp³-hybridized carbons (Fsp3) is 0.200. The second-order valence-electron chi connectivity index (χ2n) is 1.59. The monoisotopic (exact) mass is 144 g/mol. The summed E-state index contributed by atoms with van der Waals surface area (Å²) in [5.74, 6) is -0.799. The van der Waals surface area contributed by atoms with Gasteiger partial charge in [0.15, 0.2) is 5.78 Å². The third-order valence-electron chi connectivity index (χ3n) is 0.893. The Hall–Kier alpha value is -0.770. The van der Waals surface area contributed by atoms with E-state index in [9.17, 15) is 9.59 Å². The number of thiol groups is 1. The minimum atomic E-state index is -0.516. The molecule has 0 fully saturated rings. The maximum absolute atomic E-state index is 10.6. The summed E-state index contributed by atoms with van der Waals surface area (Å²) >= 11 is 3.73. The molecule has 0 N–H and O–H groups in total. The third-order valence-corrected chi connectivity index (χ3v) is 1.25. The van der Waals surface area contributed by atoms with Crippen LogP contribution in [-0.4, -0.2) is 11.8 Å². The van der Waals surface area contributed by atoms with Crippen LogP contribution in [0, 0.1) is 0 Å². The lowest BCUT2D eigenvalue weighted by Crippen LogP contribution is -2.14. The van der Waals surface area contributed by atoms with Crippen molar-refractivity contribution in [1.82, 2.24) is 0 Å². The molecule has 48 valence electrons. The fourth-order valence-corrected chi connectivity index (χ4v) is 0.582. The van der Waals surface area contributed by atoms with Gasteiger partial charge in [0.25, 0.3) is 0 Å². The summed E-state index contributed by atoms with van der Waals surface area (Å²) in [4.78, 5) is 21.1. The zero-order chi connectivity index (χ0) is 6.85. The van der Waals surface area contributed by atoms with Crippen LogP contribution >= 0.6 is 12.6 Å². The van der Waals surface area contributed by atoms with Crippen LogP contribution in [0.5, 0.6) is 0 Å². The van der Waals surface area contributed by atoms with Crippen LogP contribution in [0.1, 0.15) is 6.42 Å². The Morgan fingerprint density at radius 2 is 2.22 bits per heavy atom. The first-order chi connectivity index (χ1) is 4.20. The lowest BCUT2D eigenvalue weighted by molar-refractivity contribution is -0.141. The van der Waals surface area contributed by atoms with Gasteiger partial charge in [0.1, 0.15) is 12.7 Å². The zero-order valence-electron chi connectivity index (χ0n) is 4.46. The summed E-state index contributed by atoms with van der Waals surface area (Å²) < 4.78 is 4.36. The van der Waals surface area contributed by atoms with E-state index < -0.39 is 5.97 Å². The highest BCUT2D eigenvalue weighted by molar-refractivity contribution is 7.85. The largest absolute Gasteiger partial charge is 0.433 e. The van der Waals surface area contributed by atoms with Gasteiger partial charge in [0.05, 0.1) is 4.91 Å². The highest BCUT2D eigenvalue weighted by atomic mass is 32.1. The minimum Gasteiger partial charge on any atom is -0.433 e. The van der Waals surface area contributed by atoms with E-state index in [1.54, 1.807) is 0 Å². The van der Waals surface area contributed by atoms with Gasteiger partial charge in [-0.05, 0) is 0 Å². The Kier molecular flexibility index (Phi) is 1.57. The van der Waals surface area contributed by atoms with E-state index in [0.717, 1.165) is 6.26 Å². The Bertz CT molecular complexity index is 194. The van der Waals surface area contributed by atoms with Gasteiger partial charge in [0, 0.05) is 0 Å². The zero-order valence-corrected chi connectivity index (χ0v) is 5.35. The molecule has 1 heterocycles. The number of esters is 1. The van der Waals surface area contributed by atoms with E-state index in [0.29, 0.717) is 0 Å². The fourth-order valence-electron chi connectivity index (χ4n) is 0.451. The number of rotatable bonds is 0. The first kappa shape index (κ1) is 6.35. The van der Waals surface area contributed by atoms with Gasteiger partial charge in [-0.1, -0.05) is 0 Å². The molecule has 0 spiro atoms. The lowest BCUT2D eigenvalue weighted by atomic mass is 10.2. The molecule has 0 unspecified atom stereocenters. The van der Waals surface area contributed by atoms with E-state index in [2.05, 4.69) is 17.4 Å². The molecule has 1 aliphatic heterocycles. The molecule has 0 aliphatic carbocycles. The van der Waals surface area contributed by atoms with Gasteiger partial charge in [-0.25, -0.2) is 0 Å². The van der Waals surface area contributed by atoms with Crippen molar-refractivity contribution in [3.8, 4) is 0 Å². The number of hydrogen-bond acceptors (Lipinski definition) is 4. The number of allylic oxidation sites excluding steroid dienone is 1. The van der Waals surface area contributed by atoms with Crippen LogP contribution in [0.4, 0.5) is 0 Å². The molecule has 0 aromatic heterocycles. The average molecular weight is 144 g/mol. The van der Waals surface area contributed by atoms with E-state index >= 15 is 0 Å². The molecule has 0 bridgehead atoms. The van der Waals surface area contributed by atoms with Crippen LogP contribution < -0.4 is 0 Å². The number of ether oxygens (including phenoxy) is 1. The molecule has 9 heavy (non-hydrogen) atoms. The standard InChI is InChI=1S/C5H4O3S/c6-3-1-5(7)8-2-4(3)9/h2,9H,1H2. The highest BCUT2D eigenvalue weighted by Crippen LogP contribution is 2.11. The normalized spacial score (nSPS) is 19.0. The lowest BCUT2D eigenvalue weighted by Gasteiger charge is -2.04. The van der Waals surface area contributed by atoms with Crippen molar-refractivity contribution >= 4 is 24.4 Å². The maximum Gasteiger partial charge on any atom is 0.318 e. The van der Waals surface area contributed by atoms with Gasteiger partial charge in [-0.15, -0.1) is 12.6 Å². The molecule has 3 nitrogen and oxygen atoms in total. The third kappa shape index (κ3) is 1.32. The number of Topliss-reactive ketones (excluding diaryl/α,β-unsaturated/α-hetero) is 1. The minimum absolute atomic E-state index is 0.185. The van der Waals surface area contributed by atoms with Crippen molar-refractivity contribution in [2.75, 3.05) is 0 Å². The molecule has 0 aromatic carbocycles. The van der Waals surface area contributed by atoms with Gasteiger partial charge < -0.3 is 4.74 Å². The van der Waals surface area contributed by atoms with E-state index in [4.69, 9.17) is 0 Å². The molecular formula is C5H4O3S. The first-order valence-electron chi connectivity index (χ1n) is 2.32. The topological polar surface area (TPSA) is 43.4 Å². The van der Waals surface area contributed by atoms with Gasteiger partial charge in [0.2, 0.25) is 0 Å². The molecule has 0 amide bonds. The van der Waals surface area contributed by atoms with Crippen molar-refractivity contribution in [3.63, 3.8) is 0 Å². The number of cyclic esters (lactones) is 1. The molecule has 1 rings (SSSR count). The van der Waals surface area contributed by atoms with Crippen LogP contribution in [0.15, 0.2) is 11.2 Å². The summed E-state index contributed by atoms with van der Waals surface area (Å²) in [5, 5.41) is 0. The second kappa shape index (κ2) is 2.23. The summed E-state index contributed by atoms with van der Waals surface area (Å²) in [7, 11) is 0. The Morgan fingerprint density at radius 1 is 1.56 bits per heavy atom. The van der Waals surface area contributed by atoms with E-state index in [1.165, 1.54) is 0 Å². The summed E-state index contributed by atoms with van der Waals surface area (Å²) in [6, 6.07) is 0. The number of carbonyl (C=O) groups is 2. The maximum atomic E-state index is 10.6. The number of ketones is 1. The SMILES string of the molecule is O=C1CC(=O)C(S)=CO1. The average Bonchev–Trinajstić information content (AvgIpc) is 1.80. The molecular weight excluding hydrogens is 140 g/mol. The van der Waals surface area contributed by atoms with Crippen LogP contribution in [0.25, 0.3) is 0 Å². The molecule has 0 saturated carbocycles. The van der Waals surface area contributed by atoms with Crippen molar-refractivity contribution in [1.29, 1.82) is 0 Å². The first-order valence-corrected chi connectivity index (χ1v) is 2.76. The van der Waals surface area contributed by atoms with Crippen molar-refractivity contribution in [2.24, 2.45) is 0 Å². The van der Waals surface area contributed by atoms with Crippen LogP contribution in [0.2, 0.25) is 0 Å². The number of hydrogen-bond donors (Lipinski definition) is 1. The summed E-state index contributed by atoms with van der Waals surface area (Å²) in [5.41, 5.74) is 0. The molecule has 4 heteroatoms. The predicted octanol–water partition coefficient (Wildman–Crippen LogP) is 0.274. The predicted molar refractivity (Wildman–Crippen MR) is 32.8 cm³/mol. The Morgan fingerprint density at radius 3 is 2.67 bits per heavy atom. The van der Waals surface area contributed by atoms with Crippen molar-refractivity contribution in [3.05, 3.63) is 11.2 Å². The molecule has 0 radical (unpaired) electrons. The molecule has 0 saturated heterocycles. The quantitative estimate of drug-likeness (QED) is 0.301. The van der Waals surface area contributed by atoms with Crippen molar-refractivity contribution < 1.29 is 14.3 Å². The van der Waals surface area contributed by atoms with Crippen LogP contribution in [-0.2, 0) is 14.3 Å². The van der Waals surface area contributed by atoms with Gasteiger partial charge in [-0.3, -0.25) is 9.59 Å². The van der Waals surface area contributed by atoms with Gasteiger partial charge >= 0.3 is 5.97 Å². The Balaban J connectivity index is 2.79. The molecule has 1 aliphatic rings. The second-order valence-corrected chi connectivity index (χ2v) is 2.07. The summed E-state index contributed by atoms with van der Waals surface area (Å²) in [6.45, 7) is 0. The van der Waals surface area contributed by atoms with Crippen LogP contribution in [0.3, 0.4) is 0 Å². The highest BCUT2D eigenvalue weighted by Gasteiger charge is 2.17. The molecule has 0 atom stereocenters. The smallest absolute Gasteiger partial charge is 0.318 e. The van der Waals surface area contributed by atoms with E-state index in [-0.39, 0.29) is 17.1 Å². The van der Waals surface area contributed by atoms with Gasteiger partial charge in [-0.2, -0.15) is 0 Å². The Labute approximate surface area is 57.1 Å². The van der Waals surface area contributed by atoms with Crippen molar-refractivity contribution in [2.45, 2.75) is 6.42 Å². The summed E-state index contributed by atoms with van der Waals surface area (Å²) in [6.07, 6.45) is 0.868. The number of carbonyl (C=O) groups excluding carboxylic acids is 2. The molecule has 0 aromatic rings. The van der Waals surface area contributed by atoms with E-state index in [1.807, 2.05) is 0 Å².